The van der Waals surface area contributed by atoms with Crippen molar-refractivity contribution in [1.82, 2.24) is 14.8 Å². The molecule has 0 radical (unpaired) electrons. The van der Waals surface area contributed by atoms with Crippen molar-refractivity contribution in [3.05, 3.63) is 63.9 Å². The Morgan fingerprint density at radius 1 is 1.04 bits per heavy atom. The van der Waals surface area contributed by atoms with Crippen LogP contribution in [0, 0.1) is 18.6 Å². The van der Waals surface area contributed by atoms with Gasteiger partial charge in [-0.2, -0.15) is 5.10 Å². The first-order chi connectivity index (χ1) is 11.0. The van der Waals surface area contributed by atoms with Gasteiger partial charge in [0.1, 0.15) is 0 Å². The minimum atomic E-state index is 0.479. The SMILES string of the molecule is Cc1ccc(-n2c(-c3cccc(C(C)C)c3)n[nH]c2=S)cc1C. The van der Waals surface area contributed by atoms with Crippen LogP contribution in [0.5, 0.6) is 0 Å². The highest BCUT2D eigenvalue weighted by Crippen LogP contribution is 2.25. The zero-order valence-corrected chi connectivity index (χ0v) is 14.7. The third kappa shape index (κ3) is 2.99. The van der Waals surface area contributed by atoms with Crippen LogP contribution in [0.25, 0.3) is 17.1 Å². The van der Waals surface area contributed by atoms with Crippen molar-refractivity contribution < 1.29 is 0 Å². The van der Waals surface area contributed by atoms with Crippen molar-refractivity contribution in [2.24, 2.45) is 0 Å². The second kappa shape index (κ2) is 6.13. The van der Waals surface area contributed by atoms with E-state index in [9.17, 15) is 0 Å². The first-order valence-electron chi connectivity index (χ1n) is 7.82. The summed E-state index contributed by atoms with van der Waals surface area (Å²) < 4.78 is 2.61. The fraction of sp³-hybridized carbons (Fsp3) is 0.263. The molecule has 0 saturated heterocycles. The topological polar surface area (TPSA) is 33.6 Å². The van der Waals surface area contributed by atoms with Gasteiger partial charge in [-0.3, -0.25) is 9.67 Å². The van der Waals surface area contributed by atoms with E-state index in [1.165, 1.54) is 16.7 Å². The first kappa shape index (κ1) is 15.7. The van der Waals surface area contributed by atoms with E-state index in [4.69, 9.17) is 12.2 Å². The zero-order valence-electron chi connectivity index (χ0n) is 13.9. The standard InChI is InChI=1S/C19H21N3S/c1-12(2)15-6-5-7-16(11-15)18-20-21-19(23)22(18)17-9-8-13(3)14(4)10-17/h5-12H,1-4H3,(H,21,23). The monoisotopic (exact) mass is 323 g/mol. The molecule has 3 nitrogen and oxygen atoms in total. The molecule has 0 unspecified atom stereocenters. The van der Waals surface area contributed by atoms with Gasteiger partial charge in [-0.25, -0.2) is 0 Å². The second-order valence-electron chi connectivity index (χ2n) is 6.24. The minimum Gasteiger partial charge on any atom is -0.268 e. The molecule has 3 aromatic rings. The number of aryl methyl sites for hydroxylation is 2. The number of nitrogens with zero attached hydrogens (tertiary/aromatic N) is 2. The van der Waals surface area contributed by atoms with E-state index in [2.05, 4.69) is 80.4 Å². The molecule has 0 saturated carbocycles. The van der Waals surface area contributed by atoms with Crippen LogP contribution in [0.15, 0.2) is 42.5 Å². The summed E-state index contributed by atoms with van der Waals surface area (Å²) in [6.07, 6.45) is 0. The van der Waals surface area contributed by atoms with E-state index in [1.54, 1.807) is 0 Å². The largest absolute Gasteiger partial charge is 0.268 e. The maximum Gasteiger partial charge on any atom is 0.200 e. The van der Waals surface area contributed by atoms with E-state index in [0.717, 1.165) is 17.1 Å². The Morgan fingerprint density at radius 2 is 1.83 bits per heavy atom. The number of hydrogen-bond acceptors (Lipinski definition) is 2. The van der Waals surface area contributed by atoms with Crippen molar-refractivity contribution in [2.75, 3.05) is 0 Å². The van der Waals surface area contributed by atoms with Gasteiger partial charge in [-0.05, 0) is 66.9 Å². The van der Waals surface area contributed by atoms with Crippen LogP contribution in [0.1, 0.15) is 36.5 Å². The second-order valence-corrected chi connectivity index (χ2v) is 6.62. The number of hydrogen-bond donors (Lipinski definition) is 1. The highest BCUT2D eigenvalue weighted by Gasteiger charge is 2.12. The number of aromatic nitrogens is 3. The number of nitrogens with one attached hydrogen (secondary N) is 1. The Labute approximate surface area is 142 Å². The lowest BCUT2D eigenvalue weighted by atomic mass is 10.0. The van der Waals surface area contributed by atoms with Gasteiger partial charge >= 0.3 is 0 Å². The summed E-state index contributed by atoms with van der Waals surface area (Å²) in [4.78, 5) is 0. The Bertz CT molecular complexity index is 903. The molecule has 0 aliphatic carbocycles. The minimum absolute atomic E-state index is 0.479. The van der Waals surface area contributed by atoms with Crippen LogP contribution in [0.3, 0.4) is 0 Å². The molecule has 2 aromatic carbocycles. The number of H-pyrrole nitrogens is 1. The molecule has 0 fully saturated rings. The average Bonchev–Trinajstić information content (AvgIpc) is 2.92. The summed E-state index contributed by atoms with van der Waals surface area (Å²) in [6, 6.07) is 14.8. The van der Waals surface area contributed by atoms with Gasteiger partial charge in [0.2, 0.25) is 0 Å². The molecule has 0 amide bonds. The molecular formula is C19H21N3S. The molecule has 23 heavy (non-hydrogen) atoms. The van der Waals surface area contributed by atoms with Crippen molar-refractivity contribution in [1.29, 1.82) is 0 Å². The van der Waals surface area contributed by atoms with E-state index in [1.807, 2.05) is 4.57 Å². The molecule has 0 spiro atoms. The Kier molecular flexibility index (Phi) is 4.18. The maximum atomic E-state index is 5.46. The van der Waals surface area contributed by atoms with Crippen molar-refractivity contribution in [3.8, 4) is 17.1 Å². The molecule has 4 heteroatoms. The molecule has 118 valence electrons. The van der Waals surface area contributed by atoms with E-state index >= 15 is 0 Å². The highest BCUT2D eigenvalue weighted by molar-refractivity contribution is 7.71. The molecule has 1 aromatic heterocycles. The Morgan fingerprint density at radius 3 is 2.52 bits per heavy atom. The van der Waals surface area contributed by atoms with Gasteiger partial charge in [0.15, 0.2) is 10.6 Å². The van der Waals surface area contributed by atoms with E-state index < -0.39 is 0 Å². The third-order valence-electron chi connectivity index (χ3n) is 4.23. The highest BCUT2D eigenvalue weighted by atomic mass is 32.1. The number of aromatic amines is 1. The lowest BCUT2D eigenvalue weighted by molar-refractivity contribution is 0.866. The summed E-state index contributed by atoms with van der Waals surface area (Å²) in [5, 5.41) is 7.39. The zero-order chi connectivity index (χ0) is 16.6. The van der Waals surface area contributed by atoms with Crippen molar-refractivity contribution >= 4 is 12.2 Å². The lowest BCUT2D eigenvalue weighted by Gasteiger charge is -2.11. The van der Waals surface area contributed by atoms with E-state index in [0.29, 0.717) is 10.7 Å². The van der Waals surface area contributed by atoms with Crippen LogP contribution in [-0.4, -0.2) is 14.8 Å². The maximum absolute atomic E-state index is 5.46. The number of rotatable bonds is 3. The van der Waals surface area contributed by atoms with Gasteiger partial charge in [0.25, 0.3) is 0 Å². The summed E-state index contributed by atoms with van der Waals surface area (Å²) >= 11 is 5.46. The fourth-order valence-electron chi connectivity index (χ4n) is 2.63. The van der Waals surface area contributed by atoms with Crippen LogP contribution in [0.2, 0.25) is 0 Å². The van der Waals surface area contributed by atoms with Crippen molar-refractivity contribution in [3.63, 3.8) is 0 Å². The molecule has 3 rings (SSSR count). The van der Waals surface area contributed by atoms with Crippen LogP contribution in [-0.2, 0) is 0 Å². The van der Waals surface area contributed by atoms with Gasteiger partial charge in [-0.15, -0.1) is 0 Å². The summed E-state index contributed by atoms with van der Waals surface area (Å²) in [5.41, 5.74) is 5.92. The first-order valence-corrected chi connectivity index (χ1v) is 8.23. The Hall–Kier alpha value is -2.20. The predicted molar refractivity (Wildman–Crippen MR) is 97.7 cm³/mol. The fourth-order valence-corrected chi connectivity index (χ4v) is 2.87. The lowest BCUT2D eigenvalue weighted by Crippen LogP contribution is -1.99. The summed E-state index contributed by atoms with van der Waals surface area (Å²) in [7, 11) is 0. The molecule has 0 bridgehead atoms. The van der Waals surface area contributed by atoms with Gasteiger partial charge in [0.05, 0.1) is 5.69 Å². The smallest absolute Gasteiger partial charge is 0.200 e. The average molecular weight is 323 g/mol. The number of benzene rings is 2. The predicted octanol–water partition coefficient (Wildman–Crippen LogP) is 5.34. The molecule has 0 aliphatic heterocycles. The van der Waals surface area contributed by atoms with Crippen LogP contribution in [0.4, 0.5) is 0 Å². The Balaban J connectivity index is 2.17. The quantitative estimate of drug-likeness (QED) is 0.660. The molecular weight excluding hydrogens is 302 g/mol. The van der Waals surface area contributed by atoms with E-state index in [-0.39, 0.29) is 0 Å². The third-order valence-corrected chi connectivity index (χ3v) is 4.51. The van der Waals surface area contributed by atoms with Gasteiger partial charge < -0.3 is 0 Å². The van der Waals surface area contributed by atoms with Gasteiger partial charge in [0, 0.05) is 5.56 Å². The van der Waals surface area contributed by atoms with Crippen LogP contribution < -0.4 is 0 Å². The molecule has 0 aliphatic rings. The normalized spacial score (nSPS) is 11.2. The summed E-state index contributed by atoms with van der Waals surface area (Å²) in [5.74, 6) is 1.33. The molecule has 1 heterocycles. The molecule has 0 atom stereocenters. The molecule has 1 N–H and O–H groups in total. The summed E-state index contributed by atoms with van der Waals surface area (Å²) in [6.45, 7) is 8.61. The van der Waals surface area contributed by atoms with Crippen molar-refractivity contribution in [2.45, 2.75) is 33.6 Å². The van der Waals surface area contributed by atoms with Gasteiger partial charge in [-0.1, -0.05) is 38.1 Å². The van der Waals surface area contributed by atoms with Crippen LogP contribution >= 0.6 is 12.2 Å².